The Balaban J connectivity index is 1.64. The number of nitriles is 1. The number of phenols is 1. The maximum absolute atomic E-state index is 12.8. The van der Waals surface area contributed by atoms with Gasteiger partial charge in [-0.2, -0.15) is 5.26 Å². The van der Waals surface area contributed by atoms with Crippen molar-refractivity contribution in [3.8, 4) is 11.8 Å². The van der Waals surface area contributed by atoms with Gasteiger partial charge in [0, 0.05) is 56.1 Å². The van der Waals surface area contributed by atoms with Gasteiger partial charge in [-0.25, -0.2) is 4.98 Å². The van der Waals surface area contributed by atoms with E-state index in [1.807, 2.05) is 19.1 Å². The molecule has 1 saturated heterocycles. The lowest BCUT2D eigenvalue weighted by molar-refractivity contribution is 0.247. The molecule has 0 radical (unpaired) electrons. The van der Waals surface area contributed by atoms with E-state index in [2.05, 4.69) is 20.9 Å². The molecule has 7 nitrogen and oxygen atoms in total. The van der Waals surface area contributed by atoms with E-state index in [-0.39, 0.29) is 16.9 Å². The summed E-state index contributed by atoms with van der Waals surface area (Å²) in [6, 6.07) is 10.9. The number of benzene rings is 1. The van der Waals surface area contributed by atoms with Gasteiger partial charge in [0.05, 0.1) is 11.2 Å². The largest absolute Gasteiger partial charge is 0.508 e. The first-order valence-electron chi connectivity index (χ1n) is 9.74. The molecule has 0 amide bonds. The molecule has 154 valence electrons. The van der Waals surface area contributed by atoms with E-state index in [9.17, 15) is 15.2 Å². The number of nitrogens with zero attached hydrogens (tertiary/aromatic N) is 5. The number of halogens is 1. The fraction of sp³-hybridized carbons (Fsp3) is 0.318. The van der Waals surface area contributed by atoms with Crippen LogP contribution in [0.3, 0.4) is 0 Å². The lowest BCUT2D eigenvalue weighted by Gasteiger charge is -2.36. The summed E-state index contributed by atoms with van der Waals surface area (Å²) in [5.41, 5.74) is 3.44. The smallest absolute Gasteiger partial charge is 0.270 e. The van der Waals surface area contributed by atoms with E-state index in [0.717, 1.165) is 24.3 Å². The van der Waals surface area contributed by atoms with Crippen LogP contribution in [0, 0.1) is 18.3 Å². The van der Waals surface area contributed by atoms with Crippen LogP contribution in [-0.4, -0.2) is 45.7 Å². The van der Waals surface area contributed by atoms with Gasteiger partial charge in [0.25, 0.3) is 5.56 Å². The first-order chi connectivity index (χ1) is 14.4. The SMILES string of the molecule is Cc1ccc2c(n1)c(N1CCN(Cc3cc(Cl)ccc3O)CC1)c(C#N)c(=O)n2C. The molecule has 0 aliphatic carbocycles. The average Bonchev–Trinajstić information content (AvgIpc) is 2.74. The van der Waals surface area contributed by atoms with E-state index in [1.54, 1.807) is 25.2 Å². The zero-order valence-electron chi connectivity index (χ0n) is 16.9. The molecule has 0 spiro atoms. The predicted octanol–water partition coefficient (Wildman–Crippen LogP) is 2.79. The second-order valence-corrected chi connectivity index (χ2v) is 7.99. The lowest BCUT2D eigenvalue weighted by Crippen LogP contribution is -2.47. The van der Waals surface area contributed by atoms with Crippen molar-refractivity contribution in [3.05, 3.63) is 62.5 Å². The van der Waals surface area contributed by atoms with Gasteiger partial charge in [-0.1, -0.05) is 11.6 Å². The van der Waals surface area contributed by atoms with Gasteiger partial charge in [0.1, 0.15) is 22.9 Å². The minimum absolute atomic E-state index is 0.129. The number of aromatic nitrogens is 2. The summed E-state index contributed by atoms with van der Waals surface area (Å²) >= 11 is 6.06. The molecule has 3 aromatic rings. The van der Waals surface area contributed by atoms with E-state index in [1.165, 1.54) is 4.57 Å². The van der Waals surface area contributed by atoms with Gasteiger partial charge in [0.2, 0.25) is 0 Å². The molecule has 0 unspecified atom stereocenters. The minimum Gasteiger partial charge on any atom is -0.508 e. The Morgan fingerprint density at radius 1 is 1.20 bits per heavy atom. The Labute approximate surface area is 179 Å². The van der Waals surface area contributed by atoms with E-state index in [0.29, 0.717) is 41.4 Å². The zero-order chi connectivity index (χ0) is 21.4. The van der Waals surface area contributed by atoms with Crippen molar-refractivity contribution in [2.75, 3.05) is 31.1 Å². The van der Waals surface area contributed by atoms with Gasteiger partial charge in [-0.05, 0) is 37.3 Å². The second kappa shape index (κ2) is 7.98. The Morgan fingerprint density at radius 3 is 2.63 bits per heavy atom. The molecule has 0 saturated carbocycles. The van der Waals surface area contributed by atoms with Gasteiger partial charge in [-0.15, -0.1) is 0 Å². The molecular weight excluding hydrogens is 402 g/mol. The molecular formula is C22H22ClN5O2. The van der Waals surface area contributed by atoms with Crippen molar-refractivity contribution in [2.24, 2.45) is 7.05 Å². The molecule has 0 atom stereocenters. The molecule has 1 N–H and O–H groups in total. The third kappa shape index (κ3) is 3.60. The van der Waals surface area contributed by atoms with Crippen LogP contribution < -0.4 is 10.5 Å². The molecule has 2 aromatic heterocycles. The van der Waals surface area contributed by atoms with Gasteiger partial charge < -0.3 is 14.6 Å². The number of piperazine rings is 1. The van der Waals surface area contributed by atoms with Crippen LogP contribution >= 0.6 is 11.6 Å². The monoisotopic (exact) mass is 423 g/mol. The minimum atomic E-state index is -0.308. The van der Waals surface area contributed by atoms with Crippen molar-refractivity contribution in [1.29, 1.82) is 5.26 Å². The highest BCUT2D eigenvalue weighted by atomic mass is 35.5. The van der Waals surface area contributed by atoms with Crippen LogP contribution in [0.2, 0.25) is 5.02 Å². The fourth-order valence-corrected chi connectivity index (χ4v) is 4.15. The first-order valence-corrected chi connectivity index (χ1v) is 10.1. The summed E-state index contributed by atoms with van der Waals surface area (Å²) in [6.07, 6.45) is 0. The van der Waals surface area contributed by atoms with Gasteiger partial charge >= 0.3 is 0 Å². The van der Waals surface area contributed by atoms with Gasteiger partial charge in [0.15, 0.2) is 0 Å². The van der Waals surface area contributed by atoms with Crippen molar-refractivity contribution in [3.63, 3.8) is 0 Å². The predicted molar refractivity (Wildman–Crippen MR) is 117 cm³/mol. The van der Waals surface area contributed by atoms with E-state index < -0.39 is 0 Å². The van der Waals surface area contributed by atoms with E-state index >= 15 is 0 Å². The molecule has 8 heteroatoms. The summed E-state index contributed by atoms with van der Waals surface area (Å²) in [4.78, 5) is 21.7. The van der Waals surface area contributed by atoms with Crippen LogP contribution in [0.15, 0.2) is 35.1 Å². The summed E-state index contributed by atoms with van der Waals surface area (Å²) in [6.45, 7) is 5.22. The molecule has 0 bridgehead atoms. The van der Waals surface area contributed by atoms with E-state index in [4.69, 9.17) is 11.6 Å². The number of phenolic OH excluding ortho intramolecular Hbond substituents is 1. The van der Waals surface area contributed by atoms with Gasteiger partial charge in [-0.3, -0.25) is 9.69 Å². The highest BCUT2D eigenvalue weighted by Gasteiger charge is 2.25. The van der Waals surface area contributed by atoms with Crippen molar-refractivity contribution >= 4 is 28.3 Å². The lowest BCUT2D eigenvalue weighted by atomic mass is 10.1. The first kappa shape index (κ1) is 20.2. The maximum Gasteiger partial charge on any atom is 0.270 e. The molecule has 30 heavy (non-hydrogen) atoms. The fourth-order valence-electron chi connectivity index (χ4n) is 3.95. The quantitative estimate of drug-likeness (QED) is 0.697. The van der Waals surface area contributed by atoms with Crippen molar-refractivity contribution < 1.29 is 5.11 Å². The number of aryl methyl sites for hydroxylation is 2. The Hall–Kier alpha value is -3.08. The van der Waals surface area contributed by atoms with Crippen molar-refractivity contribution in [1.82, 2.24) is 14.5 Å². The highest BCUT2D eigenvalue weighted by molar-refractivity contribution is 6.30. The molecule has 1 aromatic carbocycles. The molecule has 1 fully saturated rings. The maximum atomic E-state index is 12.8. The van der Waals surface area contributed by atoms with Crippen molar-refractivity contribution in [2.45, 2.75) is 13.5 Å². The highest BCUT2D eigenvalue weighted by Crippen LogP contribution is 2.29. The summed E-state index contributed by atoms with van der Waals surface area (Å²) in [7, 11) is 1.67. The topological polar surface area (TPSA) is 85.4 Å². The number of aromatic hydroxyl groups is 1. The summed E-state index contributed by atoms with van der Waals surface area (Å²) in [5, 5.41) is 20.4. The number of fused-ring (bicyclic) bond motifs is 1. The Morgan fingerprint density at radius 2 is 1.93 bits per heavy atom. The van der Waals surface area contributed by atoms with Crippen LogP contribution in [0.25, 0.3) is 11.0 Å². The van der Waals surface area contributed by atoms with Crippen LogP contribution in [0.4, 0.5) is 5.69 Å². The third-order valence-corrected chi connectivity index (χ3v) is 5.83. The molecule has 1 aliphatic rings. The number of anilines is 1. The number of pyridine rings is 2. The molecule has 1 aliphatic heterocycles. The molecule has 3 heterocycles. The average molecular weight is 424 g/mol. The number of hydrogen-bond acceptors (Lipinski definition) is 6. The second-order valence-electron chi connectivity index (χ2n) is 7.56. The van der Waals surface area contributed by atoms with Crippen LogP contribution in [-0.2, 0) is 13.6 Å². The normalized spacial score (nSPS) is 14.8. The summed E-state index contributed by atoms with van der Waals surface area (Å²) < 4.78 is 1.49. The number of rotatable bonds is 3. The van der Waals surface area contributed by atoms with Crippen LogP contribution in [0.1, 0.15) is 16.8 Å². The summed E-state index contributed by atoms with van der Waals surface area (Å²) in [5.74, 6) is 0.228. The van der Waals surface area contributed by atoms with Crippen LogP contribution in [0.5, 0.6) is 5.75 Å². The zero-order valence-corrected chi connectivity index (χ0v) is 17.6. The third-order valence-electron chi connectivity index (χ3n) is 5.59. The Bertz CT molecular complexity index is 1220. The standard InChI is InChI=1S/C22H22ClN5O2/c1-14-3-5-18-20(25-14)21(17(12-24)22(30)26(18)2)28-9-7-27(8-10-28)13-15-11-16(23)4-6-19(15)29/h3-6,11,29H,7-10,13H2,1-2H3. The molecule has 4 rings (SSSR count). The Kier molecular flexibility index (Phi) is 5.37. The number of hydrogen-bond donors (Lipinski definition) is 1.